The van der Waals surface area contributed by atoms with Crippen molar-refractivity contribution in [3.8, 4) is 0 Å². The van der Waals surface area contributed by atoms with E-state index >= 15 is 0 Å². The summed E-state index contributed by atoms with van der Waals surface area (Å²) >= 11 is 7.25. The van der Waals surface area contributed by atoms with E-state index in [1.165, 1.54) is 16.7 Å². The molecule has 0 heterocycles. The summed E-state index contributed by atoms with van der Waals surface area (Å²) in [5, 5.41) is 3.44. The van der Waals surface area contributed by atoms with E-state index in [0.717, 1.165) is 16.1 Å². The predicted octanol–water partition coefficient (Wildman–Crippen LogP) is 3.84. The third kappa shape index (κ3) is 5.91. The zero-order chi connectivity index (χ0) is 17.5. The molecule has 2 aromatic rings. The van der Waals surface area contributed by atoms with Gasteiger partial charge in [-0.1, -0.05) is 29.3 Å². The first-order valence-electron chi connectivity index (χ1n) is 7.43. The number of anilines is 1. The minimum Gasteiger partial charge on any atom is -0.336 e. The molecule has 6 heteroatoms. The van der Waals surface area contributed by atoms with E-state index in [4.69, 9.17) is 11.6 Å². The van der Waals surface area contributed by atoms with Crippen LogP contribution >= 0.6 is 23.4 Å². The third-order valence-corrected chi connectivity index (χ3v) is 4.57. The number of thioether (sulfide) groups is 1. The van der Waals surface area contributed by atoms with Crippen molar-refractivity contribution < 1.29 is 9.59 Å². The maximum atomic E-state index is 12.1. The number of amides is 2. The topological polar surface area (TPSA) is 49.4 Å². The summed E-state index contributed by atoms with van der Waals surface area (Å²) in [4.78, 5) is 26.5. The van der Waals surface area contributed by atoms with E-state index in [9.17, 15) is 9.59 Å². The molecule has 126 valence electrons. The normalized spacial score (nSPS) is 10.3. The van der Waals surface area contributed by atoms with Crippen LogP contribution in [-0.4, -0.2) is 36.1 Å². The van der Waals surface area contributed by atoms with Gasteiger partial charge in [0.05, 0.1) is 12.3 Å². The Bertz CT molecular complexity index is 702. The van der Waals surface area contributed by atoms with Gasteiger partial charge in [0, 0.05) is 22.7 Å². The van der Waals surface area contributed by atoms with Gasteiger partial charge >= 0.3 is 0 Å². The summed E-state index contributed by atoms with van der Waals surface area (Å²) < 4.78 is 0. The van der Waals surface area contributed by atoms with Crippen molar-refractivity contribution in [2.45, 2.75) is 11.8 Å². The summed E-state index contributed by atoms with van der Waals surface area (Å²) in [6, 6.07) is 14.8. The van der Waals surface area contributed by atoms with E-state index in [1.54, 1.807) is 19.2 Å². The Kier molecular flexibility index (Phi) is 6.70. The SMILES string of the molecule is Cc1ccc(NC(=O)CN(C)C(=O)CSc2ccc(Cl)cc2)cc1. The molecule has 0 saturated carbocycles. The molecular weight excluding hydrogens is 344 g/mol. The fourth-order valence-electron chi connectivity index (χ4n) is 1.93. The first-order valence-corrected chi connectivity index (χ1v) is 8.79. The molecule has 24 heavy (non-hydrogen) atoms. The molecule has 2 aromatic carbocycles. The van der Waals surface area contributed by atoms with Gasteiger partial charge in [-0.25, -0.2) is 0 Å². The largest absolute Gasteiger partial charge is 0.336 e. The number of rotatable bonds is 6. The van der Waals surface area contributed by atoms with Gasteiger partial charge in [0.15, 0.2) is 0 Å². The van der Waals surface area contributed by atoms with Crippen molar-refractivity contribution in [3.63, 3.8) is 0 Å². The number of nitrogens with one attached hydrogen (secondary N) is 1. The minimum absolute atomic E-state index is 0.0217. The second-order valence-electron chi connectivity index (χ2n) is 5.41. The predicted molar refractivity (Wildman–Crippen MR) is 99.6 cm³/mol. The van der Waals surface area contributed by atoms with Crippen LogP contribution < -0.4 is 5.32 Å². The van der Waals surface area contributed by atoms with Crippen molar-refractivity contribution in [2.24, 2.45) is 0 Å². The Hall–Kier alpha value is -1.98. The highest BCUT2D eigenvalue weighted by Crippen LogP contribution is 2.20. The van der Waals surface area contributed by atoms with Crippen LogP contribution in [0.25, 0.3) is 0 Å². The zero-order valence-corrected chi connectivity index (χ0v) is 15.2. The molecule has 2 rings (SSSR count). The molecule has 0 atom stereocenters. The number of carbonyl (C=O) groups is 2. The number of likely N-dealkylation sites (N-methyl/N-ethyl adjacent to an activating group) is 1. The first-order chi connectivity index (χ1) is 11.4. The highest BCUT2D eigenvalue weighted by Gasteiger charge is 2.13. The van der Waals surface area contributed by atoms with E-state index in [-0.39, 0.29) is 24.1 Å². The second kappa shape index (κ2) is 8.76. The molecule has 2 amide bonds. The number of halogens is 1. The van der Waals surface area contributed by atoms with Gasteiger partial charge in [-0.2, -0.15) is 0 Å². The smallest absolute Gasteiger partial charge is 0.243 e. The molecule has 0 fully saturated rings. The average Bonchev–Trinajstić information content (AvgIpc) is 2.56. The lowest BCUT2D eigenvalue weighted by atomic mass is 10.2. The fourth-order valence-corrected chi connectivity index (χ4v) is 2.89. The lowest BCUT2D eigenvalue weighted by Gasteiger charge is -2.16. The Morgan fingerprint density at radius 3 is 2.33 bits per heavy atom. The summed E-state index contributed by atoms with van der Waals surface area (Å²) in [5.74, 6) is -0.0455. The number of carbonyl (C=O) groups excluding carboxylic acids is 2. The molecule has 0 saturated heterocycles. The molecule has 4 nitrogen and oxygen atoms in total. The minimum atomic E-state index is -0.216. The third-order valence-electron chi connectivity index (χ3n) is 3.32. The van der Waals surface area contributed by atoms with Crippen LogP contribution in [0.4, 0.5) is 5.69 Å². The van der Waals surface area contributed by atoms with Crippen LogP contribution in [0.15, 0.2) is 53.4 Å². The molecule has 1 N–H and O–H groups in total. The zero-order valence-electron chi connectivity index (χ0n) is 13.6. The maximum Gasteiger partial charge on any atom is 0.243 e. The molecule has 0 spiro atoms. The lowest BCUT2D eigenvalue weighted by molar-refractivity contribution is -0.131. The maximum absolute atomic E-state index is 12.1. The van der Waals surface area contributed by atoms with Crippen LogP contribution in [0.5, 0.6) is 0 Å². The van der Waals surface area contributed by atoms with Crippen molar-refractivity contribution in [1.29, 1.82) is 0 Å². The Morgan fingerprint density at radius 1 is 1.08 bits per heavy atom. The van der Waals surface area contributed by atoms with Crippen molar-refractivity contribution in [3.05, 3.63) is 59.1 Å². The van der Waals surface area contributed by atoms with Crippen molar-refractivity contribution >= 4 is 40.9 Å². The molecule has 0 radical (unpaired) electrons. The summed E-state index contributed by atoms with van der Waals surface area (Å²) in [7, 11) is 1.62. The van der Waals surface area contributed by atoms with Crippen molar-refractivity contribution in [1.82, 2.24) is 4.90 Å². The molecule has 0 bridgehead atoms. The molecule has 0 aliphatic heterocycles. The summed E-state index contributed by atoms with van der Waals surface area (Å²) in [6.45, 7) is 2.00. The summed E-state index contributed by atoms with van der Waals surface area (Å²) in [6.07, 6.45) is 0. The monoisotopic (exact) mass is 362 g/mol. The van der Waals surface area contributed by atoms with Crippen LogP contribution in [0.2, 0.25) is 5.02 Å². The van der Waals surface area contributed by atoms with Crippen LogP contribution in [0.1, 0.15) is 5.56 Å². The van der Waals surface area contributed by atoms with Gasteiger partial charge in [-0.05, 0) is 43.3 Å². The Balaban J connectivity index is 1.78. The number of hydrogen-bond acceptors (Lipinski definition) is 3. The van der Waals surface area contributed by atoms with Gasteiger partial charge in [0.1, 0.15) is 0 Å². The van der Waals surface area contributed by atoms with E-state index in [0.29, 0.717) is 5.02 Å². The summed E-state index contributed by atoms with van der Waals surface area (Å²) in [5.41, 5.74) is 1.85. The molecule has 0 aliphatic rings. The second-order valence-corrected chi connectivity index (χ2v) is 6.89. The quantitative estimate of drug-likeness (QED) is 0.794. The highest BCUT2D eigenvalue weighted by molar-refractivity contribution is 8.00. The number of benzene rings is 2. The van der Waals surface area contributed by atoms with Crippen molar-refractivity contribution in [2.75, 3.05) is 24.7 Å². The Morgan fingerprint density at radius 2 is 1.71 bits per heavy atom. The average molecular weight is 363 g/mol. The molecular formula is C18H19ClN2O2S. The van der Waals surface area contributed by atoms with E-state index in [2.05, 4.69) is 5.32 Å². The van der Waals surface area contributed by atoms with Gasteiger partial charge in [0.25, 0.3) is 0 Å². The Labute approximate surface area is 151 Å². The highest BCUT2D eigenvalue weighted by atomic mass is 35.5. The molecule has 0 aliphatic carbocycles. The number of hydrogen-bond donors (Lipinski definition) is 1. The molecule has 0 unspecified atom stereocenters. The lowest BCUT2D eigenvalue weighted by Crippen LogP contribution is -2.35. The standard InChI is InChI=1S/C18H19ClN2O2S/c1-13-3-7-15(8-4-13)20-17(22)11-21(2)18(23)12-24-16-9-5-14(19)6-10-16/h3-10H,11-12H2,1-2H3,(H,20,22). The van der Waals surface area contributed by atoms with Gasteiger partial charge < -0.3 is 10.2 Å². The van der Waals surface area contributed by atoms with E-state index in [1.807, 2.05) is 43.3 Å². The van der Waals surface area contributed by atoms with E-state index < -0.39 is 0 Å². The van der Waals surface area contributed by atoms with Crippen LogP contribution in [0, 0.1) is 6.92 Å². The number of nitrogens with zero attached hydrogens (tertiary/aromatic N) is 1. The first kappa shape index (κ1) is 18.4. The van der Waals surface area contributed by atoms with Gasteiger partial charge in [-0.15, -0.1) is 11.8 Å². The fraction of sp³-hybridized carbons (Fsp3) is 0.222. The van der Waals surface area contributed by atoms with Gasteiger partial charge in [-0.3, -0.25) is 9.59 Å². The van der Waals surface area contributed by atoms with Gasteiger partial charge in [0.2, 0.25) is 11.8 Å². The van der Waals surface area contributed by atoms with Crippen LogP contribution in [0.3, 0.4) is 0 Å². The molecule has 0 aromatic heterocycles. The number of aryl methyl sites for hydroxylation is 1. The van der Waals surface area contributed by atoms with Crippen LogP contribution in [-0.2, 0) is 9.59 Å².